The molecule has 148 valence electrons. The van der Waals surface area contributed by atoms with Crippen LogP contribution in [-0.4, -0.2) is 44.6 Å². The average Bonchev–Trinajstić information content (AvgIpc) is 3.37. The molecular weight excluding hydrogens is 356 g/mol. The van der Waals surface area contributed by atoms with E-state index in [1.165, 1.54) is 6.33 Å². The fourth-order valence-electron chi connectivity index (χ4n) is 3.75. The summed E-state index contributed by atoms with van der Waals surface area (Å²) in [5.41, 5.74) is 0.917. The zero-order chi connectivity index (χ0) is 19.5. The molecule has 3 aromatic rings. The second-order valence-corrected chi connectivity index (χ2v) is 7.52. The van der Waals surface area contributed by atoms with Crippen LogP contribution in [0.2, 0.25) is 0 Å². The predicted molar refractivity (Wildman–Crippen MR) is 105 cm³/mol. The number of hydrogen-bond acceptors (Lipinski definition) is 6. The van der Waals surface area contributed by atoms with Crippen LogP contribution in [0.5, 0.6) is 0 Å². The van der Waals surface area contributed by atoms with Crippen LogP contribution in [0, 0.1) is 12.8 Å². The molecule has 0 bridgehead atoms. The molecule has 0 aliphatic carbocycles. The van der Waals surface area contributed by atoms with Crippen molar-refractivity contribution in [1.82, 2.24) is 24.9 Å². The van der Waals surface area contributed by atoms with Gasteiger partial charge in [0, 0.05) is 43.2 Å². The molecule has 4 heterocycles. The fraction of sp³-hybridized carbons (Fsp3) is 0.500. The lowest BCUT2D eigenvalue weighted by molar-refractivity contribution is -0.126. The summed E-state index contributed by atoms with van der Waals surface area (Å²) in [5, 5.41) is 7.45. The van der Waals surface area contributed by atoms with Crippen molar-refractivity contribution in [3.05, 3.63) is 42.2 Å². The quantitative estimate of drug-likeness (QED) is 0.704. The first-order chi connectivity index (χ1) is 13.6. The molecule has 1 amide bonds. The number of aromatic nitrogens is 4. The van der Waals surface area contributed by atoms with Crippen molar-refractivity contribution in [3.8, 4) is 0 Å². The number of nitrogens with one attached hydrogen (secondary N) is 1. The van der Waals surface area contributed by atoms with Crippen molar-refractivity contribution in [2.45, 2.75) is 45.6 Å². The monoisotopic (exact) mass is 382 g/mol. The molecule has 1 atom stereocenters. The minimum absolute atomic E-state index is 0.0523. The Kier molecular flexibility index (Phi) is 5.27. The van der Waals surface area contributed by atoms with Gasteiger partial charge >= 0.3 is 0 Å². The normalized spacial score (nSPS) is 16.4. The molecule has 0 spiro atoms. The number of aryl methyl sites for hydroxylation is 2. The fourth-order valence-corrected chi connectivity index (χ4v) is 3.75. The number of carbonyl (C=O) groups is 1. The van der Waals surface area contributed by atoms with Crippen LogP contribution >= 0.6 is 0 Å². The van der Waals surface area contributed by atoms with E-state index in [-0.39, 0.29) is 17.9 Å². The molecule has 1 unspecified atom stereocenters. The zero-order valence-corrected chi connectivity index (χ0v) is 16.3. The van der Waals surface area contributed by atoms with Crippen LogP contribution in [0.3, 0.4) is 0 Å². The van der Waals surface area contributed by atoms with Crippen molar-refractivity contribution in [3.63, 3.8) is 0 Å². The number of carbonyl (C=O) groups excluding carboxylic acids is 1. The molecule has 3 aromatic heterocycles. The molecular formula is C20H26N6O2. The van der Waals surface area contributed by atoms with E-state index >= 15 is 0 Å². The third-order valence-corrected chi connectivity index (χ3v) is 5.34. The zero-order valence-electron chi connectivity index (χ0n) is 16.3. The lowest BCUT2D eigenvalue weighted by Gasteiger charge is -2.33. The van der Waals surface area contributed by atoms with Crippen molar-refractivity contribution in [2.24, 2.45) is 5.92 Å². The number of fused-ring (bicyclic) bond motifs is 1. The van der Waals surface area contributed by atoms with Gasteiger partial charge in [-0.05, 0) is 45.2 Å². The Bertz CT molecular complexity index is 927. The smallest absolute Gasteiger partial charge is 0.254 e. The minimum atomic E-state index is 0.0523. The van der Waals surface area contributed by atoms with E-state index in [1.54, 1.807) is 10.8 Å². The summed E-state index contributed by atoms with van der Waals surface area (Å²) in [6, 6.07) is 6.02. The highest BCUT2D eigenvalue weighted by Gasteiger charge is 2.27. The molecule has 4 rings (SSSR count). The maximum atomic E-state index is 12.6. The molecule has 28 heavy (non-hydrogen) atoms. The highest BCUT2D eigenvalue weighted by molar-refractivity contribution is 5.79. The number of nitrogens with zero attached hydrogens (tertiary/aromatic N) is 5. The Morgan fingerprint density at radius 2 is 2.21 bits per heavy atom. The van der Waals surface area contributed by atoms with E-state index in [9.17, 15) is 4.79 Å². The Labute approximate surface area is 164 Å². The van der Waals surface area contributed by atoms with Gasteiger partial charge in [0.05, 0.1) is 6.26 Å². The van der Waals surface area contributed by atoms with Crippen molar-refractivity contribution in [2.75, 3.05) is 18.0 Å². The highest BCUT2D eigenvalue weighted by atomic mass is 16.3. The average molecular weight is 382 g/mol. The molecule has 1 aliphatic rings. The van der Waals surface area contributed by atoms with Gasteiger partial charge in [-0.1, -0.05) is 0 Å². The second-order valence-electron chi connectivity index (χ2n) is 7.52. The summed E-state index contributed by atoms with van der Waals surface area (Å²) in [5.74, 6) is 2.77. The number of piperidine rings is 1. The van der Waals surface area contributed by atoms with Crippen molar-refractivity contribution >= 4 is 17.5 Å². The van der Waals surface area contributed by atoms with Gasteiger partial charge in [0.1, 0.15) is 17.9 Å². The van der Waals surface area contributed by atoms with E-state index < -0.39 is 0 Å². The van der Waals surface area contributed by atoms with Gasteiger partial charge in [-0.15, -0.1) is 0 Å². The molecule has 1 fully saturated rings. The van der Waals surface area contributed by atoms with Crippen molar-refractivity contribution < 1.29 is 9.21 Å². The number of amides is 1. The first-order valence-corrected chi connectivity index (χ1v) is 9.85. The van der Waals surface area contributed by atoms with E-state index in [2.05, 4.69) is 32.2 Å². The van der Waals surface area contributed by atoms with Crippen LogP contribution in [0.25, 0.3) is 5.78 Å². The summed E-state index contributed by atoms with van der Waals surface area (Å²) in [6.07, 6.45) is 6.57. The van der Waals surface area contributed by atoms with E-state index in [1.807, 2.05) is 25.1 Å². The topological polar surface area (TPSA) is 88.6 Å². The van der Waals surface area contributed by atoms with Gasteiger partial charge in [0.25, 0.3) is 5.78 Å². The second kappa shape index (κ2) is 8.00. The first kappa shape index (κ1) is 18.5. The number of rotatable bonds is 6. The maximum Gasteiger partial charge on any atom is 0.254 e. The Hall–Kier alpha value is -2.90. The van der Waals surface area contributed by atoms with Gasteiger partial charge in [-0.3, -0.25) is 4.79 Å². The number of anilines is 1. The molecule has 8 nitrogen and oxygen atoms in total. The Morgan fingerprint density at radius 1 is 1.39 bits per heavy atom. The van der Waals surface area contributed by atoms with Crippen molar-refractivity contribution in [1.29, 1.82) is 0 Å². The summed E-state index contributed by atoms with van der Waals surface area (Å²) < 4.78 is 7.13. The van der Waals surface area contributed by atoms with Gasteiger partial charge in [0.2, 0.25) is 5.91 Å². The van der Waals surface area contributed by atoms with Crippen LogP contribution in [0.15, 0.2) is 35.2 Å². The molecule has 0 saturated carbocycles. The summed E-state index contributed by atoms with van der Waals surface area (Å²) in [7, 11) is 0. The molecule has 1 aliphatic heterocycles. The van der Waals surface area contributed by atoms with E-state index in [0.29, 0.717) is 5.78 Å². The summed E-state index contributed by atoms with van der Waals surface area (Å²) in [6.45, 7) is 5.65. The van der Waals surface area contributed by atoms with Crippen LogP contribution in [-0.2, 0) is 11.2 Å². The van der Waals surface area contributed by atoms with Gasteiger partial charge in [0.15, 0.2) is 0 Å². The summed E-state index contributed by atoms with van der Waals surface area (Å²) in [4.78, 5) is 23.5. The molecule has 1 N–H and O–H groups in total. The lowest BCUT2D eigenvalue weighted by Crippen LogP contribution is -2.43. The lowest BCUT2D eigenvalue weighted by atomic mass is 9.95. The van der Waals surface area contributed by atoms with Crippen LogP contribution < -0.4 is 10.2 Å². The standard InChI is InChI=1S/C20H26N6O2/c1-14(5-6-17-4-3-11-28-17)23-19(27)16-7-9-25(10-8-16)18-12-15(2)24-20-21-13-22-26(18)20/h3-4,11-14,16H,5-10H2,1-2H3,(H,23,27). The summed E-state index contributed by atoms with van der Waals surface area (Å²) >= 11 is 0. The molecule has 8 heteroatoms. The van der Waals surface area contributed by atoms with Gasteiger partial charge < -0.3 is 14.6 Å². The van der Waals surface area contributed by atoms with Gasteiger partial charge in [-0.25, -0.2) is 4.98 Å². The molecule has 0 aromatic carbocycles. The largest absolute Gasteiger partial charge is 0.469 e. The molecule has 0 radical (unpaired) electrons. The highest BCUT2D eigenvalue weighted by Crippen LogP contribution is 2.24. The van der Waals surface area contributed by atoms with Gasteiger partial charge in [-0.2, -0.15) is 14.6 Å². The Balaban J connectivity index is 1.31. The van der Waals surface area contributed by atoms with E-state index in [4.69, 9.17) is 4.42 Å². The maximum absolute atomic E-state index is 12.6. The number of furan rings is 1. The van der Waals surface area contributed by atoms with E-state index in [0.717, 1.165) is 56.0 Å². The number of hydrogen-bond donors (Lipinski definition) is 1. The predicted octanol–water partition coefficient (Wildman–Crippen LogP) is 2.38. The minimum Gasteiger partial charge on any atom is -0.469 e. The Morgan fingerprint density at radius 3 is 2.96 bits per heavy atom. The first-order valence-electron chi connectivity index (χ1n) is 9.85. The molecule has 1 saturated heterocycles. The third-order valence-electron chi connectivity index (χ3n) is 5.34. The van der Waals surface area contributed by atoms with Crippen LogP contribution in [0.1, 0.15) is 37.6 Å². The third kappa shape index (κ3) is 4.00. The van der Waals surface area contributed by atoms with Crippen LogP contribution in [0.4, 0.5) is 5.82 Å². The SMILES string of the molecule is Cc1cc(N2CCC(C(=O)NC(C)CCc3ccco3)CC2)n2ncnc2n1.